The fraction of sp³-hybridized carbons (Fsp3) is 1.00. The summed E-state index contributed by atoms with van der Waals surface area (Å²) in [6.45, 7) is 0. The van der Waals surface area contributed by atoms with E-state index in [1.807, 2.05) is 0 Å². The predicted octanol–water partition coefficient (Wildman–Crippen LogP) is -2.10. The third-order valence-corrected chi connectivity index (χ3v) is 0.232. The van der Waals surface area contributed by atoms with Crippen LogP contribution in [-0.4, -0.2) is 35.2 Å². The van der Waals surface area contributed by atoms with Crippen LogP contribution >= 0.6 is 0 Å². The van der Waals surface area contributed by atoms with Crippen molar-refractivity contribution in [3.8, 4) is 0 Å². The standard InChI is InChI=1S/CH2O4.La.Li.H/c2-1(3)4-5-1;;;/h2-3H;;;. The van der Waals surface area contributed by atoms with E-state index in [-0.39, 0.29) is 54.5 Å². The summed E-state index contributed by atoms with van der Waals surface area (Å²) >= 11 is 0. The molecule has 0 saturated carbocycles. The van der Waals surface area contributed by atoms with Gasteiger partial charge in [-0.25, -0.2) is 0 Å². The summed E-state index contributed by atoms with van der Waals surface area (Å²) in [7, 11) is 0. The first-order valence-corrected chi connectivity index (χ1v) is 1.02. The van der Waals surface area contributed by atoms with Crippen LogP contribution in [0.25, 0.3) is 0 Å². The van der Waals surface area contributed by atoms with Gasteiger partial charge in [-0.2, -0.15) is 0 Å². The average Bonchev–Trinajstić information content (AvgIpc) is 1.76. The molecule has 1 aliphatic heterocycles. The quantitative estimate of drug-likeness (QED) is 0.214. The number of hydrogen-bond acceptors (Lipinski definition) is 4. The van der Waals surface area contributed by atoms with Crippen molar-refractivity contribution < 1.29 is 55.6 Å². The van der Waals surface area contributed by atoms with Gasteiger partial charge < -0.3 is 10.2 Å². The van der Waals surface area contributed by atoms with Gasteiger partial charge in [0, 0.05) is 35.6 Å². The summed E-state index contributed by atoms with van der Waals surface area (Å²) in [6, 6.07) is 0. The van der Waals surface area contributed by atoms with Gasteiger partial charge in [0.1, 0.15) is 0 Å². The normalized spacial score (nSPS) is 21.4. The Hall–Kier alpha value is 1.63. The second-order valence-corrected chi connectivity index (χ2v) is 0.715. The number of hydrogen-bond donors (Lipinski definition) is 2. The summed E-state index contributed by atoms with van der Waals surface area (Å²) in [5.41, 5.74) is 0. The van der Waals surface area contributed by atoms with E-state index in [2.05, 4.69) is 9.78 Å². The van der Waals surface area contributed by atoms with Crippen molar-refractivity contribution in [3.05, 3.63) is 0 Å². The van der Waals surface area contributed by atoms with Gasteiger partial charge in [-0.05, 0) is 0 Å². The molecular weight excluding hydrogens is 222 g/mol. The van der Waals surface area contributed by atoms with Gasteiger partial charge in [-0.3, -0.25) is 0 Å². The minimum atomic E-state index is -2.25. The first-order chi connectivity index (χ1) is 2.21. The maximum absolute atomic E-state index is 7.74. The molecule has 7 heavy (non-hydrogen) atoms. The van der Waals surface area contributed by atoms with Crippen LogP contribution in [0.15, 0.2) is 0 Å². The third kappa shape index (κ3) is 5.50. The van der Waals surface area contributed by atoms with Crippen molar-refractivity contribution >= 4 is 18.9 Å². The molecule has 0 atom stereocenters. The zero-order valence-corrected chi connectivity index (χ0v) is 6.41. The summed E-state index contributed by atoms with van der Waals surface area (Å²) in [6.07, 6.45) is -2.25. The van der Waals surface area contributed by atoms with Crippen LogP contribution in [0.1, 0.15) is 0 Å². The Labute approximate surface area is 79.9 Å². The van der Waals surface area contributed by atoms with E-state index in [0.29, 0.717) is 0 Å². The Kier molecular flexibility index (Phi) is 5.91. The van der Waals surface area contributed by atoms with Crippen LogP contribution in [0.5, 0.6) is 0 Å². The van der Waals surface area contributed by atoms with Gasteiger partial charge >= 0.3 is 25.0 Å². The Morgan fingerprint density at radius 3 is 1.29 bits per heavy atom. The molecule has 1 aliphatic rings. The molecule has 1 radical (unpaired) electrons. The Morgan fingerprint density at radius 1 is 1.14 bits per heavy atom. The fourth-order valence-electron chi connectivity index (χ4n) is 0.0373. The molecule has 2 N–H and O–H groups in total. The molecule has 0 aliphatic carbocycles. The minimum absolute atomic E-state index is 0. The molecule has 1 saturated heterocycles. The van der Waals surface area contributed by atoms with E-state index in [9.17, 15) is 0 Å². The van der Waals surface area contributed by atoms with Gasteiger partial charge in [0.2, 0.25) is 0 Å². The molecule has 0 aromatic carbocycles. The van der Waals surface area contributed by atoms with E-state index in [4.69, 9.17) is 10.2 Å². The van der Waals surface area contributed by atoms with Crippen molar-refractivity contribution in [2.24, 2.45) is 0 Å². The second-order valence-electron chi connectivity index (χ2n) is 0.715. The Morgan fingerprint density at radius 2 is 1.29 bits per heavy atom. The zero-order valence-electron chi connectivity index (χ0n) is 2.79. The number of aliphatic hydroxyl groups is 2. The summed E-state index contributed by atoms with van der Waals surface area (Å²) in [4.78, 5) is 7.01. The van der Waals surface area contributed by atoms with Crippen LogP contribution in [0, 0.1) is 35.6 Å². The van der Waals surface area contributed by atoms with Crippen LogP contribution in [0.3, 0.4) is 0 Å². The van der Waals surface area contributed by atoms with Crippen molar-refractivity contribution in [2.45, 2.75) is 6.16 Å². The molecule has 0 unspecified atom stereocenters. The maximum atomic E-state index is 7.74. The Bertz CT molecular complexity index is 49.7. The molecule has 35 valence electrons. The molecule has 0 amide bonds. The SMILES string of the molecule is OC1(O)OO1.[La].[LiH]. The van der Waals surface area contributed by atoms with Crippen LogP contribution in [0.4, 0.5) is 0 Å². The summed E-state index contributed by atoms with van der Waals surface area (Å²) in [5, 5.41) is 15.5. The van der Waals surface area contributed by atoms with Crippen molar-refractivity contribution in [2.75, 3.05) is 0 Å². The van der Waals surface area contributed by atoms with Crippen LogP contribution in [-0.2, 0) is 9.78 Å². The van der Waals surface area contributed by atoms with Gasteiger partial charge in [0.25, 0.3) is 0 Å². The molecule has 0 bridgehead atoms. The van der Waals surface area contributed by atoms with E-state index >= 15 is 0 Å². The second kappa shape index (κ2) is 3.62. The van der Waals surface area contributed by atoms with E-state index in [1.165, 1.54) is 0 Å². The first kappa shape index (κ1) is 11.4. The summed E-state index contributed by atoms with van der Waals surface area (Å²) in [5.74, 6) is 0. The third-order valence-electron chi connectivity index (χ3n) is 0.232. The van der Waals surface area contributed by atoms with Crippen molar-refractivity contribution in [3.63, 3.8) is 0 Å². The fourth-order valence-corrected chi connectivity index (χ4v) is 0.0373. The van der Waals surface area contributed by atoms with Gasteiger partial charge in [0.05, 0.1) is 0 Å². The van der Waals surface area contributed by atoms with Crippen molar-refractivity contribution in [1.82, 2.24) is 0 Å². The average molecular weight is 225 g/mol. The molecule has 0 spiro atoms. The molecule has 1 rings (SSSR count). The zero-order chi connectivity index (χ0) is 3.91. The predicted molar refractivity (Wildman–Crippen MR) is 16.5 cm³/mol. The van der Waals surface area contributed by atoms with Crippen LogP contribution < -0.4 is 0 Å². The Balaban J connectivity index is 0. The summed E-state index contributed by atoms with van der Waals surface area (Å²) < 4.78 is 0. The van der Waals surface area contributed by atoms with E-state index in [1.54, 1.807) is 0 Å². The van der Waals surface area contributed by atoms with E-state index < -0.39 is 6.16 Å². The first-order valence-electron chi connectivity index (χ1n) is 1.02. The van der Waals surface area contributed by atoms with Crippen LogP contribution in [0.2, 0.25) is 0 Å². The van der Waals surface area contributed by atoms with Gasteiger partial charge in [0.15, 0.2) is 0 Å². The van der Waals surface area contributed by atoms with Gasteiger partial charge in [-0.15, -0.1) is 9.78 Å². The molecule has 0 aromatic rings. The monoisotopic (exact) mass is 225 g/mol. The molecule has 6 heteroatoms. The van der Waals surface area contributed by atoms with Crippen molar-refractivity contribution in [1.29, 1.82) is 0 Å². The molecular formula is CH3LaLiO4. The van der Waals surface area contributed by atoms with E-state index in [0.717, 1.165) is 0 Å². The molecule has 1 heterocycles. The molecule has 4 nitrogen and oxygen atoms in total. The molecule has 0 aromatic heterocycles. The molecule has 1 fully saturated rings. The number of rotatable bonds is 0. The van der Waals surface area contributed by atoms with Gasteiger partial charge in [-0.1, -0.05) is 0 Å². The topological polar surface area (TPSA) is 65.5 Å².